The van der Waals surface area contributed by atoms with E-state index in [9.17, 15) is 4.79 Å². The molecule has 4 aliphatic rings. The largest absolute Gasteiger partial charge is 0.463 e. The number of carbonyl (C=O) groups is 1. The van der Waals surface area contributed by atoms with E-state index in [0.29, 0.717) is 17.3 Å². The minimum absolute atomic E-state index is 0.0106. The molecule has 204 valence electrons. The van der Waals surface area contributed by atoms with E-state index in [-0.39, 0.29) is 22.6 Å². The van der Waals surface area contributed by atoms with Crippen molar-refractivity contribution >= 4 is 29.0 Å². The molecule has 5 nitrogen and oxygen atoms in total. The zero-order chi connectivity index (χ0) is 26.3. The van der Waals surface area contributed by atoms with Crippen LogP contribution in [0.4, 0.5) is 0 Å². The van der Waals surface area contributed by atoms with Crippen LogP contribution in [-0.2, 0) is 9.53 Å². The lowest BCUT2D eigenvalue weighted by atomic mass is 9.44. The zero-order valence-electron chi connectivity index (χ0n) is 23.6. The van der Waals surface area contributed by atoms with Crippen LogP contribution in [0.1, 0.15) is 112 Å². The fourth-order valence-electron chi connectivity index (χ4n) is 9.65. The van der Waals surface area contributed by atoms with Gasteiger partial charge < -0.3 is 10.5 Å². The Morgan fingerprint density at radius 2 is 1.81 bits per heavy atom. The molecule has 3 N–H and O–H groups in total. The van der Waals surface area contributed by atoms with Gasteiger partial charge in [0.1, 0.15) is 6.10 Å². The number of nitrogens with one attached hydrogen (secondary N) is 1. The lowest BCUT2D eigenvalue weighted by Gasteiger charge is -2.61. The van der Waals surface area contributed by atoms with Crippen molar-refractivity contribution in [2.24, 2.45) is 63.1 Å². The average Bonchev–Trinajstić information content (AvgIpc) is 3.14. The van der Waals surface area contributed by atoms with Gasteiger partial charge in [-0.2, -0.15) is 5.10 Å². The van der Waals surface area contributed by atoms with Crippen LogP contribution in [0.5, 0.6) is 0 Å². The average molecular weight is 518 g/mol. The van der Waals surface area contributed by atoms with Crippen LogP contribution in [0.25, 0.3) is 0 Å². The first kappa shape index (κ1) is 27.9. The molecular formula is C30H51N3O2S. The molecule has 9 atom stereocenters. The van der Waals surface area contributed by atoms with Gasteiger partial charge >= 0.3 is 5.97 Å². The summed E-state index contributed by atoms with van der Waals surface area (Å²) in [6.45, 7) is 13.9. The molecule has 0 aromatic carbocycles. The first-order valence-corrected chi connectivity index (χ1v) is 15.2. The fourth-order valence-corrected chi connectivity index (χ4v) is 9.69. The summed E-state index contributed by atoms with van der Waals surface area (Å²) in [6, 6.07) is 0. The summed E-state index contributed by atoms with van der Waals surface area (Å²) in [6.07, 6.45) is 13.5. The minimum Gasteiger partial charge on any atom is -0.463 e. The van der Waals surface area contributed by atoms with Crippen LogP contribution in [0.15, 0.2) is 5.10 Å². The normalized spacial score (nSPS) is 41.8. The Kier molecular flexibility index (Phi) is 8.44. The summed E-state index contributed by atoms with van der Waals surface area (Å²) in [5, 5.41) is 5.05. The zero-order valence-corrected chi connectivity index (χ0v) is 24.5. The van der Waals surface area contributed by atoms with Gasteiger partial charge in [0, 0.05) is 18.6 Å². The third-order valence-electron chi connectivity index (χ3n) is 11.3. The SMILES string of the molecule is CC(=O)O[C@H]1CC[C@@]2(C)[C@H](C1)/C(=N/NC(N)=S)C[C@@H]1[C@@H]2CC[C@]2(C)[C@@H]([C@H](C)CCCC(C)C)CC[C@@H]12. The van der Waals surface area contributed by atoms with Crippen molar-refractivity contribution in [1.82, 2.24) is 5.43 Å². The molecule has 4 aliphatic carbocycles. The molecule has 6 heteroatoms. The number of carbonyl (C=O) groups excluding carboxylic acids is 1. The van der Waals surface area contributed by atoms with Gasteiger partial charge in [0.05, 0.1) is 0 Å². The predicted molar refractivity (Wildman–Crippen MR) is 151 cm³/mol. The van der Waals surface area contributed by atoms with Gasteiger partial charge in [-0.1, -0.05) is 53.9 Å². The molecule has 4 rings (SSSR count). The molecule has 4 fully saturated rings. The monoisotopic (exact) mass is 517 g/mol. The Bertz CT molecular complexity index is 859. The maximum Gasteiger partial charge on any atom is 0.302 e. The number of rotatable bonds is 7. The fraction of sp³-hybridized carbons (Fsp3) is 0.900. The van der Waals surface area contributed by atoms with E-state index in [1.54, 1.807) is 0 Å². The highest BCUT2D eigenvalue weighted by Crippen LogP contribution is 2.68. The molecule has 4 saturated carbocycles. The van der Waals surface area contributed by atoms with Crippen LogP contribution in [0.2, 0.25) is 0 Å². The second kappa shape index (κ2) is 10.9. The van der Waals surface area contributed by atoms with Gasteiger partial charge in [0.25, 0.3) is 0 Å². The summed E-state index contributed by atoms with van der Waals surface area (Å²) in [4.78, 5) is 11.7. The molecule has 0 spiro atoms. The van der Waals surface area contributed by atoms with Crippen molar-refractivity contribution in [3.63, 3.8) is 0 Å². The first-order valence-electron chi connectivity index (χ1n) is 14.7. The molecule has 0 heterocycles. The summed E-state index contributed by atoms with van der Waals surface area (Å²) in [5.41, 5.74) is 10.6. The quantitative estimate of drug-likeness (QED) is 0.220. The first-order chi connectivity index (χ1) is 17.0. The van der Waals surface area contributed by atoms with Crippen molar-refractivity contribution < 1.29 is 9.53 Å². The lowest BCUT2D eigenvalue weighted by Crippen LogP contribution is -2.57. The Hall–Kier alpha value is -1.17. The van der Waals surface area contributed by atoms with E-state index in [0.717, 1.165) is 55.3 Å². The summed E-state index contributed by atoms with van der Waals surface area (Å²) in [7, 11) is 0. The van der Waals surface area contributed by atoms with Gasteiger partial charge in [0.2, 0.25) is 0 Å². The number of hydrazone groups is 1. The smallest absolute Gasteiger partial charge is 0.302 e. The maximum absolute atomic E-state index is 11.7. The molecule has 0 unspecified atom stereocenters. The van der Waals surface area contributed by atoms with E-state index in [1.165, 1.54) is 57.6 Å². The number of hydrogen-bond donors (Lipinski definition) is 2. The summed E-state index contributed by atoms with van der Waals surface area (Å²) < 4.78 is 5.70. The minimum atomic E-state index is -0.176. The van der Waals surface area contributed by atoms with Crippen LogP contribution < -0.4 is 11.2 Å². The van der Waals surface area contributed by atoms with E-state index >= 15 is 0 Å². The van der Waals surface area contributed by atoms with Gasteiger partial charge in [-0.15, -0.1) is 0 Å². The summed E-state index contributed by atoms with van der Waals surface area (Å²) >= 11 is 5.11. The number of nitrogens with zero attached hydrogens (tertiary/aromatic N) is 1. The lowest BCUT2D eigenvalue weighted by molar-refractivity contribution is -0.153. The van der Waals surface area contributed by atoms with Crippen LogP contribution in [-0.4, -0.2) is 22.9 Å². The highest BCUT2D eigenvalue weighted by molar-refractivity contribution is 7.80. The van der Waals surface area contributed by atoms with Crippen molar-refractivity contribution in [3.05, 3.63) is 0 Å². The van der Waals surface area contributed by atoms with Gasteiger partial charge in [-0.3, -0.25) is 10.2 Å². The molecule has 0 aliphatic heterocycles. The van der Waals surface area contributed by atoms with E-state index in [2.05, 4.69) is 40.0 Å². The Morgan fingerprint density at radius 3 is 2.47 bits per heavy atom. The number of hydrogen-bond acceptors (Lipinski definition) is 4. The summed E-state index contributed by atoms with van der Waals surface area (Å²) in [5.74, 6) is 4.77. The topological polar surface area (TPSA) is 76.7 Å². The number of nitrogens with two attached hydrogens (primary N) is 1. The molecule has 0 aromatic heterocycles. The molecular weight excluding hydrogens is 466 g/mol. The standard InChI is InChI=1S/C30H51N3O2S/c1-18(2)8-7-9-19(3)23-10-11-24-22-17-27(32-33-28(31)36)26-16-21(35-20(4)34)12-14-30(26,6)25(22)13-15-29(23,24)5/h18-19,21-26H,7-17H2,1-6H3,(H3,31,33,36)/b32-27+/t19-,21+,22+,23-,24+,25+,26-,29-,30-/m1/s1. The van der Waals surface area contributed by atoms with Crippen molar-refractivity contribution in [2.75, 3.05) is 0 Å². The highest BCUT2D eigenvalue weighted by Gasteiger charge is 2.62. The Balaban J connectivity index is 1.57. The number of esters is 1. The van der Waals surface area contributed by atoms with Crippen LogP contribution in [0, 0.1) is 52.3 Å². The van der Waals surface area contributed by atoms with E-state index in [4.69, 9.17) is 27.8 Å². The third kappa shape index (κ3) is 5.35. The van der Waals surface area contributed by atoms with Crippen molar-refractivity contribution in [2.45, 2.75) is 118 Å². The molecule has 36 heavy (non-hydrogen) atoms. The molecule has 0 aromatic rings. The predicted octanol–water partition coefficient (Wildman–Crippen LogP) is 6.84. The maximum atomic E-state index is 11.7. The third-order valence-corrected chi connectivity index (χ3v) is 11.4. The number of thiocarbonyl (C=S) groups is 1. The van der Waals surface area contributed by atoms with E-state index in [1.807, 2.05) is 0 Å². The molecule has 0 bridgehead atoms. The van der Waals surface area contributed by atoms with Gasteiger partial charge in [0.15, 0.2) is 5.11 Å². The van der Waals surface area contributed by atoms with Crippen LogP contribution in [0.3, 0.4) is 0 Å². The Morgan fingerprint density at radius 1 is 1.11 bits per heavy atom. The second-order valence-electron chi connectivity index (χ2n) is 13.8. The number of ether oxygens (including phenoxy) is 1. The molecule has 0 amide bonds. The molecule has 0 saturated heterocycles. The Labute approximate surface area is 225 Å². The second-order valence-corrected chi connectivity index (χ2v) is 14.2. The van der Waals surface area contributed by atoms with E-state index < -0.39 is 0 Å². The highest BCUT2D eigenvalue weighted by atomic mass is 32.1. The molecule has 0 radical (unpaired) electrons. The van der Waals surface area contributed by atoms with Crippen LogP contribution >= 0.6 is 12.2 Å². The van der Waals surface area contributed by atoms with Gasteiger partial charge in [-0.05, 0) is 110 Å². The van der Waals surface area contributed by atoms with Gasteiger partial charge in [-0.25, -0.2) is 0 Å². The van der Waals surface area contributed by atoms with Crippen molar-refractivity contribution in [1.29, 1.82) is 0 Å². The number of fused-ring (bicyclic) bond motifs is 5. The van der Waals surface area contributed by atoms with Crippen molar-refractivity contribution in [3.8, 4) is 0 Å².